The minimum Gasteiger partial charge on any atom is -0.368 e. The molecule has 18 heavy (non-hydrogen) atoms. The van der Waals surface area contributed by atoms with E-state index >= 15 is 0 Å². The molecule has 0 aromatic rings. The molecule has 0 spiro atoms. The van der Waals surface area contributed by atoms with E-state index < -0.39 is 26.7 Å². The monoisotopic (exact) mass is 302 g/mol. The van der Waals surface area contributed by atoms with E-state index in [-0.39, 0.29) is 5.92 Å². The molecule has 0 aliphatic heterocycles. The lowest BCUT2D eigenvalue weighted by molar-refractivity contribution is 0.103. The first-order valence-electron chi connectivity index (χ1n) is 5.91. The molecule has 0 bridgehead atoms. The van der Waals surface area contributed by atoms with Crippen LogP contribution in [0, 0.1) is 5.92 Å². The van der Waals surface area contributed by atoms with Crippen LogP contribution >= 0.6 is 15.2 Å². The minimum atomic E-state index is -5.30. The fourth-order valence-electron chi connectivity index (χ4n) is 2.36. The van der Waals surface area contributed by atoms with Crippen LogP contribution in [0.1, 0.15) is 44.9 Å². The molecule has 0 saturated heterocycles. The van der Waals surface area contributed by atoms with Crippen LogP contribution in [-0.2, 0) is 9.13 Å². The van der Waals surface area contributed by atoms with E-state index in [0.29, 0.717) is 12.8 Å². The van der Waals surface area contributed by atoms with Gasteiger partial charge in [-0.05, 0) is 5.92 Å². The topological polar surface area (TPSA) is 135 Å². The zero-order valence-electron chi connectivity index (χ0n) is 9.97. The van der Waals surface area contributed by atoms with Gasteiger partial charge in [-0.1, -0.05) is 38.5 Å². The summed E-state index contributed by atoms with van der Waals surface area (Å²) in [6.07, 6.45) is 4.40. The smallest absolute Gasteiger partial charge is 0.368 e. The minimum absolute atomic E-state index is 0.266. The first-order valence-corrected chi connectivity index (χ1v) is 9.14. The van der Waals surface area contributed by atoms with Crippen LogP contribution in [0.2, 0.25) is 0 Å². The van der Waals surface area contributed by atoms with Gasteiger partial charge in [0.15, 0.2) is 0 Å². The highest BCUT2D eigenvalue weighted by Crippen LogP contribution is 2.70. The molecule has 0 radical (unpaired) electrons. The highest BCUT2D eigenvalue weighted by atomic mass is 31.2. The molecule has 1 fully saturated rings. The third-order valence-corrected chi connectivity index (χ3v) is 7.26. The summed E-state index contributed by atoms with van der Waals surface area (Å²) in [5.74, 6) is -0.266. The fraction of sp³-hybridized carbons (Fsp3) is 1.00. The maximum Gasteiger partial charge on any atom is 0.369 e. The average Bonchev–Trinajstić information content (AvgIpc) is 2.42. The summed E-state index contributed by atoms with van der Waals surface area (Å²) < 4.78 is 22.4. The van der Waals surface area contributed by atoms with Crippen LogP contribution in [0.3, 0.4) is 0 Å². The van der Waals surface area contributed by atoms with Crippen LogP contribution < -0.4 is 0 Å². The Morgan fingerprint density at radius 3 is 1.61 bits per heavy atom. The van der Waals surface area contributed by atoms with Gasteiger partial charge in [0.2, 0.25) is 0 Å². The molecule has 0 amide bonds. The van der Waals surface area contributed by atoms with E-state index in [1.165, 1.54) is 0 Å². The highest BCUT2D eigenvalue weighted by molar-refractivity contribution is 7.72. The van der Waals surface area contributed by atoms with E-state index in [4.69, 9.17) is 19.6 Å². The Kier molecular flexibility index (Phi) is 5.18. The molecule has 1 saturated carbocycles. The zero-order valence-corrected chi connectivity index (χ0v) is 11.8. The maximum atomic E-state index is 11.2. The van der Waals surface area contributed by atoms with E-state index in [9.17, 15) is 14.2 Å². The van der Waals surface area contributed by atoms with Crippen LogP contribution in [-0.4, -0.2) is 29.8 Å². The summed E-state index contributed by atoms with van der Waals surface area (Å²) in [6.45, 7) is 0. The third kappa shape index (κ3) is 3.64. The van der Waals surface area contributed by atoms with Crippen molar-refractivity contribution in [3.05, 3.63) is 0 Å². The van der Waals surface area contributed by atoms with Gasteiger partial charge in [-0.25, -0.2) is 0 Å². The largest absolute Gasteiger partial charge is 0.369 e. The number of rotatable bonds is 4. The molecule has 9 heteroatoms. The summed E-state index contributed by atoms with van der Waals surface area (Å²) in [5, 5.41) is 6.56. The molecule has 7 nitrogen and oxygen atoms in total. The van der Waals surface area contributed by atoms with Crippen molar-refractivity contribution < 1.29 is 33.8 Å². The Labute approximate surface area is 106 Å². The molecule has 0 heterocycles. The predicted octanol–water partition coefficient (Wildman–Crippen LogP) is 1.35. The van der Waals surface area contributed by atoms with Crippen molar-refractivity contribution in [2.45, 2.75) is 50.0 Å². The van der Waals surface area contributed by atoms with Crippen molar-refractivity contribution >= 4 is 15.2 Å². The second-order valence-corrected chi connectivity index (χ2v) is 8.93. The molecule has 1 aliphatic carbocycles. The van der Waals surface area contributed by atoms with E-state index in [2.05, 4.69) is 0 Å². The highest BCUT2D eigenvalue weighted by Gasteiger charge is 2.59. The van der Waals surface area contributed by atoms with Crippen LogP contribution in [0.15, 0.2) is 0 Å². The Balaban J connectivity index is 2.92. The van der Waals surface area contributed by atoms with Gasteiger partial charge in [-0.15, -0.1) is 0 Å². The molecule has 5 N–H and O–H groups in total. The van der Waals surface area contributed by atoms with Crippen LogP contribution in [0.25, 0.3) is 0 Å². The molecule has 0 unspecified atom stereocenters. The maximum absolute atomic E-state index is 11.2. The van der Waals surface area contributed by atoms with Gasteiger partial charge >= 0.3 is 15.2 Å². The van der Waals surface area contributed by atoms with Crippen molar-refractivity contribution in [2.24, 2.45) is 5.92 Å². The van der Waals surface area contributed by atoms with Gasteiger partial charge in [0.05, 0.1) is 0 Å². The van der Waals surface area contributed by atoms with Gasteiger partial charge in [0.25, 0.3) is 5.08 Å². The molecule has 108 valence electrons. The molecule has 0 aromatic carbocycles. The second kappa shape index (κ2) is 5.71. The Morgan fingerprint density at radius 1 is 0.889 bits per heavy atom. The van der Waals surface area contributed by atoms with E-state index in [1.807, 2.05) is 0 Å². The van der Waals surface area contributed by atoms with Crippen LogP contribution in [0.4, 0.5) is 0 Å². The van der Waals surface area contributed by atoms with Crippen molar-refractivity contribution in [3.63, 3.8) is 0 Å². The van der Waals surface area contributed by atoms with Gasteiger partial charge in [0.1, 0.15) is 0 Å². The first kappa shape index (κ1) is 16.3. The Bertz CT molecular complexity index is 341. The Morgan fingerprint density at radius 2 is 1.28 bits per heavy atom. The normalized spacial score (nSPS) is 20.7. The van der Waals surface area contributed by atoms with Crippen LogP contribution in [0.5, 0.6) is 0 Å². The number of hydrogen-bond donors (Lipinski definition) is 5. The fourth-order valence-corrected chi connectivity index (χ4v) is 4.71. The van der Waals surface area contributed by atoms with E-state index in [1.54, 1.807) is 0 Å². The quantitative estimate of drug-likeness (QED) is 0.390. The Hall–Kier alpha value is 0.260. The molecule has 1 rings (SSSR count). The predicted molar refractivity (Wildman–Crippen MR) is 64.8 cm³/mol. The summed E-state index contributed by atoms with van der Waals surface area (Å²) >= 11 is 0. The second-order valence-electron chi connectivity index (χ2n) is 4.92. The van der Waals surface area contributed by atoms with Gasteiger partial charge in [0, 0.05) is 6.42 Å². The summed E-state index contributed by atoms with van der Waals surface area (Å²) in [7, 11) is -10.6. The zero-order chi connectivity index (χ0) is 14.0. The van der Waals surface area contributed by atoms with Gasteiger partial charge in [-0.3, -0.25) is 9.13 Å². The SMILES string of the molecule is O=P(O)(O)C(O)(CC1CCCCCC1)P(=O)(O)O. The molecule has 0 aromatic heterocycles. The lowest BCUT2D eigenvalue weighted by Gasteiger charge is -2.32. The number of hydrogen-bond acceptors (Lipinski definition) is 3. The number of aliphatic hydroxyl groups is 1. The lowest BCUT2D eigenvalue weighted by atomic mass is 9.97. The summed E-state index contributed by atoms with van der Waals surface area (Å²) in [5.41, 5.74) is 0. The van der Waals surface area contributed by atoms with Crippen molar-refractivity contribution in [3.8, 4) is 0 Å². The third-order valence-electron chi connectivity index (χ3n) is 3.47. The molecule has 0 atom stereocenters. The lowest BCUT2D eigenvalue weighted by Crippen LogP contribution is -2.31. The molecule has 1 aliphatic rings. The summed E-state index contributed by atoms with van der Waals surface area (Å²) in [4.78, 5) is 36.2. The van der Waals surface area contributed by atoms with Gasteiger partial charge in [-0.2, -0.15) is 0 Å². The van der Waals surface area contributed by atoms with E-state index in [0.717, 1.165) is 25.7 Å². The van der Waals surface area contributed by atoms with Crippen molar-refractivity contribution in [1.82, 2.24) is 0 Å². The van der Waals surface area contributed by atoms with Crippen molar-refractivity contribution in [1.29, 1.82) is 0 Å². The standard InChI is InChI=1S/C9H20O7P2/c10-9(17(11,12)13,18(14,15)16)7-8-5-3-1-2-4-6-8/h8,10H,1-7H2,(H2,11,12,13)(H2,14,15,16). The van der Waals surface area contributed by atoms with Gasteiger partial charge < -0.3 is 24.7 Å². The molecular weight excluding hydrogens is 282 g/mol. The van der Waals surface area contributed by atoms with Crippen molar-refractivity contribution in [2.75, 3.05) is 0 Å². The average molecular weight is 302 g/mol. The summed E-state index contributed by atoms with van der Waals surface area (Å²) in [6, 6.07) is 0. The first-order chi connectivity index (χ1) is 8.08. The molecular formula is C9H20O7P2.